The van der Waals surface area contributed by atoms with E-state index in [1.807, 2.05) is 32.0 Å². The van der Waals surface area contributed by atoms with Crippen molar-refractivity contribution in [3.8, 4) is 11.5 Å². The van der Waals surface area contributed by atoms with Gasteiger partial charge >= 0.3 is 6.03 Å². The fraction of sp³-hybridized carbons (Fsp3) is 0.172. The van der Waals surface area contributed by atoms with E-state index in [0.717, 1.165) is 16.0 Å². The van der Waals surface area contributed by atoms with Crippen LogP contribution in [0.5, 0.6) is 11.5 Å². The number of ether oxygens (including phenoxy) is 2. The minimum Gasteiger partial charge on any atom is -0.490 e. The highest BCUT2D eigenvalue weighted by atomic mass is 35.5. The molecule has 0 saturated carbocycles. The standard InChI is InChI=1S/C29H24Cl3N3O6/c1-4-40-24-12-17(11-22(32)26(24)41-14-25(36)33-23-9-15(2)5-6-16(23)3)10-19-27(37)34-29(39)35(28(19)38)18-7-8-20(30)21(31)13-18/h5-13H,4,14H2,1-3H3,(H,33,36)(H,34,37,39)/b19-10-. The van der Waals surface area contributed by atoms with E-state index in [1.54, 1.807) is 6.92 Å². The van der Waals surface area contributed by atoms with Crippen molar-refractivity contribution in [3.63, 3.8) is 0 Å². The summed E-state index contributed by atoms with van der Waals surface area (Å²) in [6.45, 7) is 5.43. The summed E-state index contributed by atoms with van der Waals surface area (Å²) in [5, 5.41) is 5.37. The van der Waals surface area contributed by atoms with Crippen LogP contribution >= 0.6 is 34.8 Å². The van der Waals surface area contributed by atoms with Gasteiger partial charge in [-0.2, -0.15) is 0 Å². The molecule has 0 unspecified atom stereocenters. The van der Waals surface area contributed by atoms with Crippen LogP contribution in [-0.4, -0.2) is 37.0 Å². The number of anilines is 2. The zero-order valence-corrected chi connectivity index (χ0v) is 24.4. The largest absolute Gasteiger partial charge is 0.490 e. The molecule has 1 aliphatic heterocycles. The summed E-state index contributed by atoms with van der Waals surface area (Å²) in [4.78, 5) is 51.7. The maximum Gasteiger partial charge on any atom is 0.335 e. The Kier molecular flexibility index (Phi) is 9.22. The number of hydrogen-bond donors (Lipinski definition) is 2. The molecule has 0 bridgehead atoms. The van der Waals surface area contributed by atoms with Crippen LogP contribution in [0.1, 0.15) is 23.6 Å². The van der Waals surface area contributed by atoms with Crippen LogP contribution in [0.4, 0.5) is 16.2 Å². The third-order valence-corrected chi connectivity index (χ3v) is 6.94. The van der Waals surface area contributed by atoms with Gasteiger partial charge in [-0.05, 0) is 79.9 Å². The number of hydrogen-bond acceptors (Lipinski definition) is 6. The molecule has 0 aliphatic carbocycles. The minimum absolute atomic E-state index is 0.0726. The maximum atomic E-state index is 13.2. The summed E-state index contributed by atoms with van der Waals surface area (Å²) < 4.78 is 11.4. The summed E-state index contributed by atoms with van der Waals surface area (Å²) in [6.07, 6.45) is 1.26. The van der Waals surface area contributed by atoms with E-state index >= 15 is 0 Å². The predicted octanol–water partition coefficient (Wildman–Crippen LogP) is 6.35. The molecule has 2 N–H and O–H groups in total. The molecule has 1 aliphatic rings. The van der Waals surface area contributed by atoms with Gasteiger partial charge in [0.2, 0.25) is 0 Å². The van der Waals surface area contributed by atoms with E-state index in [1.165, 1.54) is 36.4 Å². The third-order valence-electron chi connectivity index (χ3n) is 5.92. The lowest BCUT2D eigenvalue weighted by Crippen LogP contribution is -2.54. The van der Waals surface area contributed by atoms with E-state index in [0.29, 0.717) is 11.3 Å². The lowest BCUT2D eigenvalue weighted by molar-refractivity contribution is -0.122. The van der Waals surface area contributed by atoms with E-state index in [-0.39, 0.29) is 51.0 Å². The molecule has 1 fully saturated rings. The molecule has 0 radical (unpaired) electrons. The van der Waals surface area contributed by atoms with Crippen molar-refractivity contribution in [2.75, 3.05) is 23.4 Å². The fourth-order valence-corrected chi connectivity index (χ4v) is 4.52. The second-order valence-electron chi connectivity index (χ2n) is 8.97. The highest BCUT2D eigenvalue weighted by Gasteiger charge is 2.37. The van der Waals surface area contributed by atoms with Crippen molar-refractivity contribution in [3.05, 3.63) is 85.9 Å². The number of aryl methyl sites for hydroxylation is 2. The first-order valence-corrected chi connectivity index (χ1v) is 13.4. The molecule has 3 aromatic rings. The second-order valence-corrected chi connectivity index (χ2v) is 10.2. The summed E-state index contributed by atoms with van der Waals surface area (Å²) in [6, 6.07) is 11.9. The van der Waals surface area contributed by atoms with Crippen LogP contribution in [0, 0.1) is 13.8 Å². The molecular formula is C29H24Cl3N3O6. The van der Waals surface area contributed by atoms with Crippen molar-refractivity contribution in [2.24, 2.45) is 0 Å². The summed E-state index contributed by atoms with van der Waals surface area (Å²) in [7, 11) is 0. The second kappa shape index (κ2) is 12.6. The minimum atomic E-state index is -0.938. The Morgan fingerprint density at radius 2 is 1.71 bits per heavy atom. The third kappa shape index (κ3) is 6.82. The number of imide groups is 2. The molecule has 41 heavy (non-hydrogen) atoms. The zero-order chi connectivity index (χ0) is 29.8. The highest BCUT2D eigenvalue weighted by molar-refractivity contribution is 6.43. The Hall–Kier alpha value is -4.05. The molecule has 212 valence electrons. The SMILES string of the molecule is CCOc1cc(/C=C2/C(=O)NC(=O)N(c3ccc(Cl)c(Cl)c3)C2=O)cc(Cl)c1OCC(=O)Nc1cc(C)ccc1C. The molecule has 0 atom stereocenters. The van der Waals surface area contributed by atoms with Crippen molar-refractivity contribution in [1.82, 2.24) is 5.32 Å². The van der Waals surface area contributed by atoms with Crippen molar-refractivity contribution < 1.29 is 28.7 Å². The Balaban J connectivity index is 1.59. The zero-order valence-electron chi connectivity index (χ0n) is 22.1. The normalized spacial score (nSPS) is 14.2. The number of urea groups is 1. The molecule has 0 spiro atoms. The van der Waals surface area contributed by atoms with Gasteiger partial charge in [-0.1, -0.05) is 46.9 Å². The Morgan fingerprint density at radius 1 is 0.951 bits per heavy atom. The number of rotatable bonds is 8. The fourth-order valence-electron chi connectivity index (χ4n) is 3.95. The van der Waals surface area contributed by atoms with Crippen molar-refractivity contribution >= 4 is 76.0 Å². The monoisotopic (exact) mass is 615 g/mol. The molecule has 1 saturated heterocycles. The number of carbonyl (C=O) groups excluding carboxylic acids is 4. The predicted molar refractivity (Wildman–Crippen MR) is 158 cm³/mol. The number of halogens is 3. The van der Waals surface area contributed by atoms with Gasteiger partial charge in [-0.3, -0.25) is 19.7 Å². The lowest BCUT2D eigenvalue weighted by Gasteiger charge is -2.26. The van der Waals surface area contributed by atoms with E-state index in [9.17, 15) is 19.2 Å². The first kappa shape index (κ1) is 29.9. The lowest BCUT2D eigenvalue weighted by atomic mass is 10.1. The van der Waals surface area contributed by atoms with E-state index in [2.05, 4.69) is 10.6 Å². The quantitative estimate of drug-likeness (QED) is 0.225. The molecule has 4 rings (SSSR count). The van der Waals surface area contributed by atoms with Gasteiger partial charge in [0, 0.05) is 5.69 Å². The van der Waals surface area contributed by atoms with Gasteiger partial charge in [0.05, 0.1) is 27.4 Å². The van der Waals surface area contributed by atoms with Crippen LogP contribution in [-0.2, 0) is 14.4 Å². The molecular weight excluding hydrogens is 593 g/mol. The topological polar surface area (TPSA) is 114 Å². The first-order chi connectivity index (χ1) is 19.5. The molecule has 0 aromatic heterocycles. The molecule has 5 amide bonds. The number of amides is 5. The molecule has 1 heterocycles. The van der Waals surface area contributed by atoms with Gasteiger partial charge in [-0.15, -0.1) is 0 Å². The smallest absolute Gasteiger partial charge is 0.335 e. The van der Waals surface area contributed by atoms with Gasteiger partial charge < -0.3 is 14.8 Å². The van der Waals surface area contributed by atoms with Crippen LogP contribution < -0.4 is 25.0 Å². The van der Waals surface area contributed by atoms with Crippen LogP contribution in [0.25, 0.3) is 6.08 Å². The van der Waals surface area contributed by atoms with Crippen molar-refractivity contribution in [2.45, 2.75) is 20.8 Å². The average Bonchev–Trinajstić information content (AvgIpc) is 2.90. The van der Waals surface area contributed by atoms with Gasteiger partial charge in [0.1, 0.15) is 5.57 Å². The summed E-state index contributed by atoms with van der Waals surface area (Å²) in [5.41, 5.74) is 2.66. The first-order valence-electron chi connectivity index (χ1n) is 12.3. The maximum absolute atomic E-state index is 13.2. The van der Waals surface area contributed by atoms with Crippen LogP contribution in [0.15, 0.2) is 54.1 Å². The van der Waals surface area contributed by atoms with Crippen molar-refractivity contribution in [1.29, 1.82) is 0 Å². The Bertz CT molecular complexity index is 1600. The summed E-state index contributed by atoms with van der Waals surface area (Å²) >= 11 is 18.5. The Morgan fingerprint density at radius 3 is 2.41 bits per heavy atom. The van der Waals surface area contributed by atoms with Crippen LogP contribution in [0.2, 0.25) is 15.1 Å². The molecule has 9 nitrogen and oxygen atoms in total. The van der Waals surface area contributed by atoms with Gasteiger partial charge in [0.15, 0.2) is 18.1 Å². The summed E-state index contributed by atoms with van der Waals surface area (Å²) in [5.74, 6) is -1.88. The van der Waals surface area contributed by atoms with E-state index in [4.69, 9.17) is 44.3 Å². The highest BCUT2D eigenvalue weighted by Crippen LogP contribution is 2.38. The van der Waals surface area contributed by atoms with Gasteiger partial charge in [-0.25, -0.2) is 9.69 Å². The number of carbonyl (C=O) groups is 4. The van der Waals surface area contributed by atoms with Gasteiger partial charge in [0.25, 0.3) is 17.7 Å². The Labute approximate surface area is 251 Å². The number of nitrogens with one attached hydrogen (secondary N) is 2. The number of barbiturate groups is 1. The number of nitrogens with zero attached hydrogens (tertiary/aromatic N) is 1. The van der Waals surface area contributed by atoms with E-state index < -0.39 is 23.8 Å². The average molecular weight is 617 g/mol. The van der Waals surface area contributed by atoms with Crippen LogP contribution in [0.3, 0.4) is 0 Å². The molecule has 3 aromatic carbocycles. The molecule has 12 heteroatoms. The number of benzene rings is 3.